The molecule has 0 aliphatic carbocycles. The number of anilines is 1. The van der Waals surface area contributed by atoms with Gasteiger partial charge in [0, 0.05) is 37.4 Å². The molecular formula is C22H26N2O6S2. The molecule has 2 aliphatic rings. The molecular weight excluding hydrogens is 452 g/mol. The van der Waals surface area contributed by atoms with Crippen LogP contribution in [-0.4, -0.2) is 65.9 Å². The van der Waals surface area contributed by atoms with Crippen molar-refractivity contribution in [1.29, 1.82) is 0 Å². The number of carbonyl (C=O) groups is 1. The number of nitrogens with zero attached hydrogens (tertiary/aromatic N) is 2. The molecule has 1 amide bonds. The fourth-order valence-electron chi connectivity index (χ4n) is 4.45. The minimum Gasteiger partial charge on any atom is -0.450 e. The molecule has 2 atom stereocenters. The van der Waals surface area contributed by atoms with Crippen LogP contribution in [0, 0.1) is 0 Å². The Bertz CT molecular complexity index is 1220. The van der Waals surface area contributed by atoms with E-state index in [1.54, 1.807) is 42.2 Å². The van der Waals surface area contributed by atoms with Crippen molar-refractivity contribution < 1.29 is 26.4 Å². The van der Waals surface area contributed by atoms with Gasteiger partial charge in [0.2, 0.25) is 0 Å². The third-order valence-corrected chi connectivity index (χ3v) is 10.7. The van der Waals surface area contributed by atoms with Crippen LogP contribution in [0.1, 0.15) is 24.7 Å². The minimum absolute atomic E-state index is 0.0693. The molecule has 172 valence electrons. The molecule has 2 aromatic carbocycles. The van der Waals surface area contributed by atoms with Crippen molar-refractivity contribution in [3.05, 3.63) is 54.1 Å². The third kappa shape index (κ3) is 3.65. The Morgan fingerprint density at radius 2 is 1.69 bits per heavy atom. The average Bonchev–Trinajstić information content (AvgIpc) is 3.00. The van der Waals surface area contributed by atoms with Gasteiger partial charge in [0.25, 0.3) is 0 Å². The number of benzene rings is 2. The van der Waals surface area contributed by atoms with E-state index < -0.39 is 30.2 Å². The lowest BCUT2D eigenvalue weighted by Gasteiger charge is -2.36. The van der Waals surface area contributed by atoms with Crippen molar-refractivity contribution >= 4 is 31.5 Å². The zero-order valence-electron chi connectivity index (χ0n) is 18.0. The Hall–Kier alpha value is -2.59. The predicted molar refractivity (Wildman–Crippen MR) is 120 cm³/mol. The molecule has 4 rings (SSSR count). The molecule has 0 spiro atoms. The molecule has 1 fully saturated rings. The average molecular weight is 479 g/mol. The molecule has 0 N–H and O–H groups in total. The zero-order chi connectivity index (χ0) is 23.1. The van der Waals surface area contributed by atoms with Gasteiger partial charge in [-0.3, -0.25) is 0 Å². The highest BCUT2D eigenvalue weighted by molar-refractivity contribution is 7.96. The van der Waals surface area contributed by atoms with Gasteiger partial charge in [0.1, 0.15) is 5.25 Å². The number of amides is 1. The molecule has 2 aromatic rings. The van der Waals surface area contributed by atoms with E-state index in [4.69, 9.17) is 4.74 Å². The van der Waals surface area contributed by atoms with Crippen LogP contribution in [0.4, 0.5) is 10.5 Å². The van der Waals surface area contributed by atoms with Gasteiger partial charge in [-0.1, -0.05) is 24.3 Å². The Labute approximate surface area is 188 Å². The second-order valence-electron chi connectivity index (χ2n) is 7.89. The van der Waals surface area contributed by atoms with E-state index in [2.05, 4.69) is 0 Å². The van der Waals surface area contributed by atoms with E-state index >= 15 is 0 Å². The maximum absolute atomic E-state index is 13.6. The van der Waals surface area contributed by atoms with Crippen molar-refractivity contribution in [2.45, 2.75) is 34.1 Å². The molecule has 2 aliphatic heterocycles. The Balaban J connectivity index is 1.75. The van der Waals surface area contributed by atoms with E-state index in [0.717, 1.165) is 0 Å². The maximum Gasteiger partial charge on any atom is 0.409 e. The molecule has 2 unspecified atom stereocenters. The van der Waals surface area contributed by atoms with Gasteiger partial charge in [-0.2, -0.15) is 0 Å². The van der Waals surface area contributed by atoms with Crippen molar-refractivity contribution in [2.24, 2.45) is 0 Å². The standard InChI is InChI=1S/C22H26N2O6S2/c1-3-30-22(25)24-14-12-23(13-15-24)18-10-7-11-19-20(18)21(16(2)31(19,26)27)32(28,29)17-8-5-4-6-9-17/h4-11,16,21H,3,12-15H2,1-2H3. The van der Waals surface area contributed by atoms with Gasteiger partial charge in [0.05, 0.1) is 21.6 Å². The summed E-state index contributed by atoms with van der Waals surface area (Å²) < 4.78 is 58.6. The van der Waals surface area contributed by atoms with E-state index in [9.17, 15) is 21.6 Å². The Morgan fingerprint density at radius 3 is 2.31 bits per heavy atom. The van der Waals surface area contributed by atoms with E-state index in [0.29, 0.717) is 44.0 Å². The summed E-state index contributed by atoms with van der Waals surface area (Å²) in [5.41, 5.74) is 0.914. The van der Waals surface area contributed by atoms with Crippen LogP contribution in [0.3, 0.4) is 0 Å². The van der Waals surface area contributed by atoms with Crippen molar-refractivity contribution in [3.63, 3.8) is 0 Å². The summed E-state index contributed by atoms with van der Waals surface area (Å²) in [6, 6.07) is 12.9. The van der Waals surface area contributed by atoms with Crippen LogP contribution in [0.15, 0.2) is 58.3 Å². The van der Waals surface area contributed by atoms with Crippen LogP contribution in [0.25, 0.3) is 0 Å². The lowest BCUT2D eigenvalue weighted by molar-refractivity contribution is 0.105. The number of hydrogen-bond acceptors (Lipinski definition) is 7. The second-order valence-corrected chi connectivity index (χ2v) is 12.2. The molecule has 1 saturated heterocycles. The molecule has 0 aromatic heterocycles. The second kappa shape index (κ2) is 8.40. The van der Waals surface area contributed by atoms with Gasteiger partial charge in [-0.25, -0.2) is 21.6 Å². The summed E-state index contributed by atoms with van der Waals surface area (Å²) in [6.45, 7) is 5.20. The zero-order valence-corrected chi connectivity index (χ0v) is 19.6. The van der Waals surface area contributed by atoms with Gasteiger partial charge >= 0.3 is 6.09 Å². The van der Waals surface area contributed by atoms with Gasteiger partial charge in [-0.15, -0.1) is 0 Å². The minimum atomic E-state index is -3.96. The highest BCUT2D eigenvalue weighted by atomic mass is 32.2. The Kier molecular flexibility index (Phi) is 5.93. The normalized spacial score (nSPS) is 22.4. The van der Waals surface area contributed by atoms with Crippen molar-refractivity contribution in [1.82, 2.24) is 4.90 Å². The van der Waals surface area contributed by atoms with Gasteiger partial charge in [0.15, 0.2) is 19.7 Å². The fourth-order valence-corrected chi connectivity index (χ4v) is 8.96. The topological polar surface area (TPSA) is 101 Å². The van der Waals surface area contributed by atoms with Crippen LogP contribution < -0.4 is 4.90 Å². The Morgan fingerprint density at radius 1 is 1.03 bits per heavy atom. The lowest BCUT2D eigenvalue weighted by Crippen LogP contribution is -2.49. The fraction of sp³-hybridized carbons (Fsp3) is 0.409. The molecule has 0 saturated carbocycles. The van der Waals surface area contributed by atoms with E-state index in [1.807, 2.05) is 4.90 Å². The molecule has 10 heteroatoms. The van der Waals surface area contributed by atoms with Gasteiger partial charge in [-0.05, 0) is 38.1 Å². The summed E-state index contributed by atoms with van der Waals surface area (Å²) in [4.78, 5) is 15.7. The van der Waals surface area contributed by atoms with Crippen LogP contribution in [-0.2, 0) is 24.4 Å². The molecule has 8 nitrogen and oxygen atoms in total. The summed E-state index contributed by atoms with van der Waals surface area (Å²) in [5.74, 6) is 0. The van der Waals surface area contributed by atoms with Crippen LogP contribution in [0.5, 0.6) is 0 Å². The van der Waals surface area contributed by atoms with Crippen molar-refractivity contribution in [3.8, 4) is 0 Å². The number of hydrogen-bond donors (Lipinski definition) is 0. The highest BCUT2D eigenvalue weighted by Crippen LogP contribution is 2.49. The number of fused-ring (bicyclic) bond motifs is 1. The van der Waals surface area contributed by atoms with Gasteiger partial charge < -0.3 is 14.5 Å². The summed E-state index contributed by atoms with van der Waals surface area (Å²) in [6.07, 6.45) is -0.383. The summed E-state index contributed by atoms with van der Waals surface area (Å²) in [5, 5.41) is -2.31. The number of sulfone groups is 2. The maximum atomic E-state index is 13.6. The first-order valence-electron chi connectivity index (χ1n) is 10.5. The largest absolute Gasteiger partial charge is 0.450 e. The summed E-state index contributed by atoms with van der Waals surface area (Å²) >= 11 is 0. The monoisotopic (exact) mass is 478 g/mol. The molecule has 0 radical (unpaired) electrons. The summed E-state index contributed by atoms with van der Waals surface area (Å²) in [7, 11) is -7.76. The molecule has 2 heterocycles. The number of piperazine rings is 1. The number of rotatable bonds is 4. The van der Waals surface area contributed by atoms with Crippen LogP contribution in [0.2, 0.25) is 0 Å². The first kappa shape index (κ1) is 22.6. The number of carbonyl (C=O) groups excluding carboxylic acids is 1. The van der Waals surface area contributed by atoms with E-state index in [1.165, 1.54) is 25.1 Å². The SMILES string of the molecule is CCOC(=O)N1CCN(c2cccc3c2C(S(=O)(=O)c2ccccc2)C(C)S3(=O)=O)CC1. The first-order chi connectivity index (χ1) is 15.2. The van der Waals surface area contributed by atoms with Crippen molar-refractivity contribution in [2.75, 3.05) is 37.7 Å². The van der Waals surface area contributed by atoms with Crippen LogP contribution >= 0.6 is 0 Å². The quantitative estimate of drug-likeness (QED) is 0.666. The predicted octanol–water partition coefficient (Wildman–Crippen LogP) is 2.66. The first-order valence-corrected chi connectivity index (χ1v) is 13.6. The highest BCUT2D eigenvalue weighted by Gasteiger charge is 2.51. The lowest BCUT2D eigenvalue weighted by atomic mass is 10.1. The smallest absolute Gasteiger partial charge is 0.409 e. The molecule has 32 heavy (non-hydrogen) atoms. The third-order valence-electron chi connectivity index (χ3n) is 6.10. The number of ether oxygens (including phenoxy) is 1. The van der Waals surface area contributed by atoms with E-state index in [-0.39, 0.29) is 15.9 Å². The molecule has 0 bridgehead atoms.